The molecule has 0 aromatic heterocycles. The molecule has 1 aliphatic heterocycles. The summed E-state index contributed by atoms with van der Waals surface area (Å²) in [5, 5.41) is 6.56. The lowest BCUT2D eigenvalue weighted by molar-refractivity contribution is -0.0504. The molecule has 1 saturated heterocycles. The van der Waals surface area contributed by atoms with Crippen molar-refractivity contribution in [3.05, 3.63) is 23.8 Å². The lowest BCUT2D eigenvalue weighted by atomic mass is 10.2. The molecule has 0 spiro atoms. The third-order valence-corrected chi connectivity index (χ3v) is 4.82. The number of methoxy groups -OCH3 is 2. The number of nitrogens with zero attached hydrogens (tertiary/aromatic N) is 2. The van der Waals surface area contributed by atoms with Crippen LogP contribution in [0.1, 0.15) is 25.3 Å². The molecular formula is C20H32F2N4O3. The van der Waals surface area contributed by atoms with Crippen molar-refractivity contribution in [2.45, 2.75) is 39.0 Å². The van der Waals surface area contributed by atoms with Crippen molar-refractivity contribution in [1.29, 1.82) is 0 Å². The Morgan fingerprint density at radius 2 is 2.14 bits per heavy atom. The van der Waals surface area contributed by atoms with Crippen molar-refractivity contribution in [3.8, 4) is 11.5 Å². The molecule has 1 unspecified atom stereocenters. The minimum Gasteiger partial charge on any atom is -0.497 e. The summed E-state index contributed by atoms with van der Waals surface area (Å²) in [6, 6.07) is 5.14. The number of likely N-dealkylation sites (tertiary alicyclic amines) is 1. The first kappa shape index (κ1) is 23.2. The first-order chi connectivity index (χ1) is 14.1. The molecule has 1 aromatic carbocycles. The zero-order valence-corrected chi connectivity index (χ0v) is 17.4. The number of rotatable bonds is 11. The summed E-state index contributed by atoms with van der Waals surface area (Å²) < 4.78 is 40.4. The molecule has 7 nitrogen and oxygen atoms in total. The Labute approximate surface area is 171 Å². The van der Waals surface area contributed by atoms with Gasteiger partial charge in [0.1, 0.15) is 11.5 Å². The maximum absolute atomic E-state index is 12.7. The number of benzene rings is 1. The van der Waals surface area contributed by atoms with Gasteiger partial charge >= 0.3 is 6.61 Å². The SMILES string of the molecule is CCNC(=NCc1cc(OC)ccc1OC(F)F)NCC1CCCN1CCOC. The van der Waals surface area contributed by atoms with E-state index in [1.54, 1.807) is 19.2 Å². The lowest BCUT2D eigenvalue weighted by Gasteiger charge is -2.25. The normalized spacial score (nSPS) is 17.6. The molecule has 2 N–H and O–H groups in total. The summed E-state index contributed by atoms with van der Waals surface area (Å²) in [5.41, 5.74) is 0.532. The second-order valence-electron chi connectivity index (χ2n) is 6.75. The van der Waals surface area contributed by atoms with Crippen LogP contribution in [0.15, 0.2) is 23.2 Å². The van der Waals surface area contributed by atoms with Crippen LogP contribution >= 0.6 is 0 Å². The molecule has 0 aliphatic carbocycles. The van der Waals surface area contributed by atoms with Crippen LogP contribution in [0.25, 0.3) is 0 Å². The molecule has 164 valence electrons. The maximum atomic E-state index is 12.7. The number of halogens is 2. The van der Waals surface area contributed by atoms with Gasteiger partial charge in [-0.3, -0.25) is 4.90 Å². The summed E-state index contributed by atoms with van der Waals surface area (Å²) in [7, 11) is 3.24. The molecule has 1 aliphatic rings. The van der Waals surface area contributed by atoms with Gasteiger partial charge in [0.05, 0.1) is 20.3 Å². The molecule has 2 rings (SSSR count). The molecule has 0 amide bonds. The molecule has 1 atom stereocenters. The summed E-state index contributed by atoms with van der Waals surface area (Å²) in [6.45, 7) is 3.43. The smallest absolute Gasteiger partial charge is 0.387 e. The molecule has 1 aromatic rings. The molecule has 1 fully saturated rings. The van der Waals surface area contributed by atoms with Gasteiger partial charge in [0, 0.05) is 38.3 Å². The molecule has 0 radical (unpaired) electrons. The first-order valence-electron chi connectivity index (χ1n) is 9.94. The van der Waals surface area contributed by atoms with Gasteiger partial charge in [0.2, 0.25) is 0 Å². The number of aliphatic imine (C=N–C) groups is 1. The fourth-order valence-electron chi connectivity index (χ4n) is 3.37. The number of nitrogens with one attached hydrogen (secondary N) is 2. The van der Waals surface area contributed by atoms with Gasteiger partial charge in [-0.25, -0.2) is 4.99 Å². The second kappa shape index (κ2) is 12.4. The van der Waals surface area contributed by atoms with Gasteiger partial charge in [0.15, 0.2) is 5.96 Å². The van der Waals surface area contributed by atoms with E-state index in [1.165, 1.54) is 19.6 Å². The fourth-order valence-corrected chi connectivity index (χ4v) is 3.37. The quantitative estimate of drug-likeness (QED) is 0.428. The Bertz CT molecular complexity index is 646. The standard InChI is InChI=1S/C20H32F2N4O3/c1-4-23-20(25-14-16-6-5-9-26(16)10-11-27-2)24-13-15-12-17(28-3)7-8-18(15)29-19(21)22/h7-8,12,16,19H,4-6,9-11,13-14H2,1-3H3,(H2,23,24,25). The van der Waals surface area contributed by atoms with E-state index >= 15 is 0 Å². The van der Waals surface area contributed by atoms with E-state index in [4.69, 9.17) is 9.47 Å². The van der Waals surface area contributed by atoms with Crippen molar-refractivity contribution in [3.63, 3.8) is 0 Å². The number of hydrogen-bond acceptors (Lipinski definition) is 5. The third-order valence-electron chi connectivity index (χ3n) is 4.82. The van der Waals surface area contributed by atoms with Gasteiger partial charge in [-0.15, -0.1) is 0 Å². The molecule has 0 saturated carbocycles. The van der Waals surface area contributed by atoms with Crippen LogP contribution in [0.4, 0.5) is 8.78 Å². The fraction of sp³-hybridized carbons (Fsp3) is 0.650. The Morgan fingerprint density at radius 1 is 1.31 bits per heavy atom. The minimum atomic E-state index is -2.89. The maximum Gasteiger partial charge on any atom is 0.387 e. The number of hydrogen-bond donors (Lipinski definition) is 2. The Balaban J connectivity index is 2.03. The van der Waals surface area contributed by atoms with Crippen LogP contribution < -0.4 is 20.1 Å². The van der Waals surface area contributed by atoms with E-state index in [1.807, 2.05) is 6.92 Å². The zero-order valence-electron chi connectivity index (χ0n) is 17.4. The summed E-state index contributed by atoms with van der Waals surface area (Å²) in [5.74, 6) is 1.30. The van der Waals surface area contributed by atoms with Crippen molar-refractivity contribution >= 4 is 5.96 Å². The number of alkyl halides is 2. The predicted octanol–water partition coefficient (Wildman–Crippen LogP) is 2.46. The second-order valence-corrected chi connectivity index (χ2v) is 6.75. The highest BCUT2D eigenvalue weighted by Crippen LogP contribution is 2.26. The van der Waals surface area contributed by atoms with E-state index < -0.39 is 6.61 Å². The van der Waals surface area contributed by atoms with Gasteiger partial charge in [0.25, 0.3) is 0 Å². The summed E-state index contributed by atoms with van der Waals surface area (Å²) in [4.78, 5) is 6.96. The highest BCUT2D eigenvalue weighted by atomic mass is 19.3. The number of ether oxygens (including phenoxy) is 3. The van der Waals surface area contributed by atoms with E-state index in [9.17, 15) is 8.78 Å². The monoisotopic (exact) mass is 414 g/mol. The van der Waals surface area contributed by atoms with E-state index in [2.05, 4.69) is 25.3 Å². The van der Waals surface area contributed by atoms with Crippen LogP contribution in [0.3, 0.4) is 0 Å². The molecule has 29 heavy (non-hydrogen) atoms. The molecule has 9 heteroatoms. The highest BCUT2D eigenvalue weighted by Gasteiger charge is 2.24. The van der Waals surface area contributed by atoms with Gasteiger partial charge in [-0.1, -0.05) is 0 Å². The molecular weight excluding hydrogens is 382 g/mol. The van der Waals surface area contributed by atoms with E-state index in [0.717, 1.165) is 26.1 Å². The van der Waals surface area contributed by atoms with E-state index in [0.29, 0.717) is 36.5 Å². The van der Waals surface area contributed by atoms with Crippen molar-refractivity contribution in [1.82, 2.24) is 15.5 Å². The Hall–Kier alpha value is -2.13. The molecule has 1 heterocycles. The zero-order chi connectivity index (χ0) is 21.1. The van der Waals surface area contributed by atoms with Gasteiger partial charge in [-0.2, -0.15) is 8.78 Å². The average molecular weight is 414 g/mol. The van der Waals surface area contributed by atoms with Crippen molar-refractivity contribution < 1.29 is 23.0 Å². The Morgan fingerprint density at radius 3 is 2.83 bits per heavy atom. The largest absolute Gasteiger partial charge is 0.497 e. The topological polar surface area (TPSA) is 67.4 Å². The van der Waals surface area contributed by atoms with Gasteiger partial charge < -0.3 is 24.8 Å². The van der Waals surface area contributed by atoms with Crippen LogP contribution in [-0.4, -0.2) is 70.5 Å². The minimum absolute atomic E-state index is 0.0990. The van der Waals surface area contributed by atoms with Gasteiger partial charge in [-0.05, 0) is 44.5 Å². The predicted molar refractivity (Wildman–Crippen MR) is 109 cm³/mol. The average Bonchev–Trinajstić information content (AvgIpc) is 3.16. The highest BCUT2D eigenvalue weighted by molar-refractivity contribution is 5.79. The third kappa shape index (κ3) is 7.66. The Kier molecular flexibility index (Phi) is 9.93. The van der Waals surface area contributed by atoms with Crippen LogP contribution in [0, 0.1) is 0 Å². The lowest BCUT2D eigenvalue weighted by Crippen LogP contribution is -2.45. The van der Waals surface area contributed by atoms with Crippen molar-refractivity contribution in [2.75, 3.05) is 47.0 Å². The van der Waals surface area contributed by atoms with E-state index in [-0.39, 0.29) is 12.3 Å². The molecule has 0 bridgehead atoms. The number of guanidine groups is 1. The van der Waals surface area contributed by atoms with Crippen LogP contribution in [0.5, 0.6) is 11.5 Å². The van der Waals surface area contributed by atoms with Crippen molar-refractivity contribution in [2.24, 2.45) is 4.99 Å². The first-order valence-corrected chi connectivity index (χ1v) is 9.94. The summed E-state index contributed by atoms with van der Waals surface area (Å²) in [6.07, 6.45) is 2.29. The van der Waals surface area contributed by atoms with Crippen LogP contribution in [-0.2, 0) is 11.3 Å². The van der Waals surface area contributed by atoms with Crippen LogP contribution in [0.2, 0.25) is 0 Å². The summed E-state index contributed by atoms with van der Waals surface area (Å²) >= 11 is 0.